The monoisotopic (exact) mass is 295 g/mol. The third-order valence-corrected chi connectivity index (χ3v) is 5.51. The average Bonchev–Trinajstić information content (AvgIpc) is 2.78. The third kappa shape index (κ3) is 9.19. The van der Waals surface area contributed by atoms with Gasteiger partial charge in [-0.3, -0.25) is 4.55 Å². The molecule has 1 rings (SSSR count). The van der Waals surface area contributed by atoms with Gasteiger partial charge in [0.05, 0.1) is 0 Å². The van der Waals surface area contributed by atoms with Crippen molar-refractivity contribution in [2.75, 3.05) is 18.8 Å². The molecule has 0 heterocycles. The fourth-order valence-electron chi connectivity index (χ4n) is 2.50. The van der Waals surface area contributed by atoms with E-state index in [2.05, 4.69) is 5.32 Å². The first-order chi connectivity index (χ1) is 8.58. The number of hydrogen-bond donors (Lipinski definition) is 2. The molecule has 18 heavy (non-hydrogen) atoms. The number of unbranched alkanes of at least 4 members (excludes halogenated alkanes) is 2. The van der Waals surface area contributed by atoms with E-state index >= 15 is 0 Å². The molecule has 0 saturated heterocycles. The normalized spacial score (nSPS) is 17.4. The van der Waals surface area contributed by atoms with Crippen LogP contribution in [-0.4, -0.2) is 31.8 Å². The maximum atomic E-state index is 10.4. The van der Waals surface area contributed by atoms with Crippen LogP contribution in [0.5, 0.6) is 0 Å². The molecule has 0 unspecified atom stereocenters. The zero-order valence-electron chi connectivity index (χ0n) is 10.9. The van der Waals surface area contributed by atoms with E-state index in [0.717, 1.165) is 18.9 Å². The van der Waals surface area contributed by atoms with Crippen molar-refractivity contribution in [3.63, 3.8) is 0 Å². The Kier molecular flexibility index (Phi) is 8.30. The average molecular weight is 295 g/mol. The lowest BCUT2D eigenvalue weighted by Gasteiger charge is -2.08. The van der Waals surface area contributed by atoms with Crippen LogP contribution in [0.25, 0.3) is 0 Å². The fraction of sp³-hybridized carbons (Fsp3) is 1.00. The molecule has 0 aromatic rings. The van der Waals surface area contributed by atoms with Gasteiger partial charge in [0.25, 0.3) is 0 Å². The highest BCUT2D eigenvalue weighted by Crippen LogP contribution is 2.28. The predicted octanol–water partition coefficient (Wildman–Crippen LogP) is 2.86. The number of hydrogen-bond acceptors (Lipinski definition) is 4. The Morgan fingerprint density at radius 3 is 2.50 bits per heavy atom. The van der Waals surface area contributed by atoms with E-state index in [1.165, 1.54) is 44.9 Å². The minimum Gasteiger partial charge on any atom is -0.316 e. The first-order valence-electron chi connectivity index (χ1n) is 6.90. The molecule has 108 valence electrons. The summed E-state index contributed by atoms with van der Waals surface area (Å²) in [5.74, 6) is 1.39. The predicted molar refractivity (Wildman–Crippen MR) is 77.3 cm³/mol. The molecule has 6 heteroatoms. The summed E-state index contributed by atoms with van der Waals surface area (Å²) in [5.41, 5.74) is 0. The van der Waals surface area contributed by atoms with Gasteiger partial charge in [0.1, 0.15) is 0 Å². The number of rotatable bonds is 10. The Hall–Kier alpha value is 0.220. The SMILES string of the molecule is O=S(=O)(O)SCCNCCCCCC1CCCC1. The Labute approximate surface area is 114 Å². The van der Waals surface area contributed by atoms with Gasteiger partial charge in [-0.05, 0) is 29.7 Å². The van der Waals surface area contributed by atoms with Crippen LogP contribution >= 0.6 is 10.8 Å². The second-order valence-corrected chi connectivity index (χ2v) is 8.47. The van der Waals surface area contributed by atoms with Gasteiger partial charge < -0.3 is 5.32 Å². The van der Waals surface area contributed by atoms with Crippen LogP contribution in [0, 0.1) is 5.92 Å². The van der Waals surface area contributed by atoms with E-state index in [1.54, 1.807) is 0 Å². The Balaban J connectivity index is 1.78. The highest BCUT2D eigenvalue weighted by molar-refractivity contribution is 8.69. The van der Waals surface area contributed by atoms with Gasteiger partial charge in [0, 0.05) is 12.3 Å². The second-order valence-electron chi connectivity index (χ2n) is 5.00. The van der Waals surface area contributed by atoms with Crippen molar-refractivity contribution in [3.8, 4) is 0 Å². The van der Waals surface area contributed by atoms with Crippen molar-refractivity contribution in [2.45, 2.75) is 51.4 Å². The molecule has 0 amide bonds. The molecule has 0 atom stereocenters. The van der Waals surface area contributed by atoms with Crippen molar-refractivity contribution >= 4 is 19.9 Å². The van der Waals surface area contributed by atoms with Gasteiger partial charge in [-0.25, -0.2) is 0 Å². The van der Waals surface area contributed by atoms with Gasteiger partial charge in [0.2, 0.25) is 0 Å². The highest BCUT2D eigenvalue weighted by atomic mass is 33.1. The first kappa shape index (κ1) is 16.3. The summed E-state index contributed by atoms with van der Waals surface area (Å²) in [7, 11) is -3.27. The maximum absolute atomic E-state index is 10.4. The van der Waals surface area contributed by atoms with Crippen molar-refractivity contribution < 1.29 is 13.0 Å². The zero-order chi connectivity index (χ0) is 13.3. The second kappa shape index (κ2) is 9.18. The topological polar surface area (TPSA) is 66.4 Å². The van der Waals surface area contributed by atoms with Gasteiger partial charge in [-0.1, -0.05) is 44.9 Å². The van der Waals surface area contributed by atoms with Gasteiger partial charge in [0.15, 0.2) is 0 Å². The molecule has 0 spiro atoms. The third-order valence-electron chi connectivity index (χ3n) is 3.45. The van der Waals surface area contributed by atoms with Crippen LogP contribution in [0.15, 0.2) is 0 Å². The lowest BCUT2D eigenvalue weighted by molar-refractivity contribution is 0.465. The lowest BCUT2D eigenvalue weighted by Crippen LogP contribution is -2.19. The number of nitrogens with one attached hydrogen (secondary N) is 1. The summed E-state index contributed by atoms with van der Waals surface area (Å²) in [5, 5.41) is 3.19. The molecular weight excluding hydrogens is 270 g/mol. The van der Waals surface area contributed by atoms with Crippen molar-refractivity contribution in [3.05, 3.63) is 0 Å². The van der Waals surface area contributed by atoms with Crippen LogP contribution in [-0.2, 0) is 9.15 Å². The van der Waals surface area contributed by atoms with Crippen LogP contribution in [0.2, 0.25) is 0 Å². The van der Waals surface area contributed by atoms with Crippen LogP contribution in [0.3, 0.4) is 0 Å². The molecule has 2 N–H and O–H groups in total. The Bertz CT molecular complexity index is 300. The van der Waals surface area contributed by atoms with Gasteiger partial charge in [-0.2, -0.15) is 8.42 Å². The molecule has 4 nitrogen and oxygen atoms in total. The van der Waals surface area contributed by atoms with E-state index in [1.807, 2.05) is 0 Å². The molecule has 0 aromatic carbocycles. The summed E-state index contributed by atoms with van der Waals surface area (Å²) in [6, 6.07) is 0. The standard InChI is InChI=1S/C12H25NO3S2/c14-18(15,16)17-11-10-13-9-5-1-2-6-12-7-3-4-8-12/h12-13H,1-11H2,(H,14,15,16). The van der Waals surface area contributed by atoms with Crippen molar-refractivity contribution in [2.24, 2.45) is 5.92 Å². The molecular formula is C12H25NO3S2. The summed E-state index contributed by atoms with van der Waals surface area (Å²) in [4.78, 5) is 0. The first-order valence-corrected chi connectivity index (χ1v) is 9.85. The minimum atomic E-state index is -3.86. The van der Waals surface area contributed by atoms with Crippen LogP contribution in [0.4, 0.5) is 0 Å². The molecule has 1 aliphatic carbocycles. The molecule has 1 saturated carbocycles. The van der Waals surface area contributed by atoms with E-state index in [0.29, 0.717) is 23.1 Å². The van der Waals surface area contributed by atoms with Crippen LogP contribution in [0.1, 0.15) is 51.4 Å². The summed E-state index contributed by atoms with van der Waals surface area (Å²) in [6.45, 7) is 1.57. The smallest absolute Gasteiger partial charge is 0.316 e. The fourth-order valence-corrected chi connectivity index (χ4v) is 3.82. The van der Waals surface area contributed by atoms with Gasteiger partial charge in [-0.15, -0.1) is 0 Å². The van der Waals surface area contributed by atoms with Crippen molar-refractivity contribution in [1.82, 2.24) is 5.32 Å². The quantitative estimate of drug-likeness (QED) is 0.368. The van der Waals surface area contributed by atoms with E-state index in [9.17, 15) is 8.42 Å². The summed E-state index contributed by atoms with van der Waals surface area (Å²) >= 11 is 0. The van der Waals surface area contributed by atoms with Crippen LogP contribution < -0.4 is 5.32 Å². The van der Waals surface area contributed by atoms with E-state index in [4.69, 9.17) is 4.55 Å². The Morgan fingerprint density at radius 2 is 1.83 bits per heavy atom. The van der Waals surface area contributed by atoms with Gasteiger partial charge >= 0.3 is 9.15 Å². The molecule has 1 aliphatic rings. The summed E-state index contributed by atoms with van der Waals surface area (Å²) in [6.07, 6.45) is 10.9. The zero-order valence-corrected chi connectivity index (χ0v) is 12.6. The maximum Gasteiger partial charge on any atom is 0.319 e. The van der Waals surface area contributed by atoms with Crippen molar-refractivity contribution in [1.29, 1.82) is 0 Å². The van der Waals surface area contributed by atoms with E-state index < -0.39 is 9.15 Å². The molecule has 0 aromatic heterocycles. The molecule has 1 fully saturated rings. The molecule has 0 bridgehead atoms. The highest BCUT2D eigenvalue weighted by Gasteiger charge is 2.13. The minimum absolute atomic E-state index is 0.404. The Morgan fingerprint density at radius 1 is 1.11 bits per heavy atom. The summed E-state index contributed by atoms with van der Waals surface area (Å²) < 4.78 is 29.3. The van der Waals surface area contributed by atoms with E-state index in [-0.39, 0.29) is 0 Å². The lowest BCUT2D eigenvalue weighted by atomic mass is 10.00. The molecule has 0 aliphatic heterocycles. The molecule has 0 radical (unpaired) electrons. The largest absolute Gasteiger partial charge is 0.319 e.